The van der Waals surface area contributed by atoms with Crippen LogP contribution in [0.3, 0.4) is 0 Å². The highest BCUT2D eigenvalue weighted by atomic mass is 32.1. The maximum atomic E-state index is 12.8. The van der Waals surface area contributed by atoms with Crippen molar-refractivity contribution >= 4 is 51.2 Å². The molecule has 2 rings (SSSR count). The van der Waals surface area contributed by atoms with Crippen LogP contribution in [0.5, 0.6) is 0 Å². The number of ether oxygens (including phenoxy) is 1. The first-order chi connectivity index (χ1) is 11.0. The molecule has 0 saturated heterocycles. The highest BCUT2D eigenvalue weighted by Crippen LogP contribution is 2.17. The molecule has 1 aromatic heterocycles. The Morgan fingerprint density at radius 3 is 2.65 bits per heavy atom. The quantitative estimate of drug-likeness (QED) is 0.370. The summed E-state index contributed by atoms with van der Waals surface area (Å²) in [6.07, 6.45) is 0. The molecule has 1 heterocycles. The van der Waals surface area contributed by atoms with Crippen LogP contribution in [0, 0.1) is 5.82 Å². The number of thiazole rings is 1. The first-order valence-corrected chi connectivity index (χ1v) is 7.79. The molecule has 0 amide bonds. The van der Waals surface area contributed by atoms with E-state index in [1.54, 1.807) is 6.92 Å². The molecule has 0 unspecified atom stereocenters. The van der Waals surface area contributed by atoms with Crippen molar-refractivity contribution in [3.8, 4) is 0 Å². The summed E-state index contributed by atoms with van der Waals surface area (Å²) in [4.78, 5) is 27.0. The average Bonchev–Trinajstić information content (AvgIpc) is 2.97. The summed E-state index contributed by atoms with van der Waals surface area (Å²) in [5, 5.41) is 7.62. The Morgan fingerprint density at radius 2 is 2.00 bits per heavy atom. The lowest BCUT2D eigenvalue weighted by molar-refractivity contribution is -0.137. The second kappa shape index (κ2) is 7.75. The fourth-order valence-electron chi connectivity index (χ4n) is 1.53. The number of ketones is 1. The first kappa shape index (κ1) is 17.0. The van der Waals surface area contributed by atoms with Crippen LogP contribution >= 0.6 is 23.6 Å². The Balaban J connectivity index is 1.95. The summed E-state index contributed by atoms with van der Waals surface area (Å²) in [5.74, 6) is -2.11. The van der Waals surface area contributed by atoms with Crippen molar-refractivity contribution in [1.82, 2.24) is 4.98 Å². The molecule has 0 aliphatic carbocycles. The Morgan fingerprint density at radius 1 is 1.30 bits per heavy atom. The number of rotatable bonds is 5. The molecule has 9 heteroatoms. The monoisotopic (exact) mass is 353 g/mol. The number of hydrogen-bond acceptors (Lipinski definition) is 6. The number of aromatic nitrogens is 1. The molecule has 1 aromatic carbocycles. The molecule has 0 aliphatic heterocycles. The van der Waals surface area contributed by atoms with Gasteiger partial charge in [-0.15, -0.1) is 11.3 Å². The van der Waals surface area contributed by atoms with Gasteiger partial charge in [-0.3, -0.25) is 4.79 Å². The van der Waals surface area contributed by atoms with E-state index in [9.17, 15) is 14.0 Å². The van der Waals surface area contributed by atoms with Gasteiger partial charge in [0, 0.05) is 11.1 Å². The second-order valence-corrected chi connectivity index (χ2v) is 5.44. The van der Waals surface area contributed by atoms with E-state index in [1.807, 2.05) is 0 Å². The molecule has 0 aliphatic rings. The van der Waals surface area contributed by atoms with E-state index in [4.69, 9.17) is 12.2 Å². The van der Waals surface area contributed by atoms with Gasteiger partial charge in [-0.25, -0.2) is 14.2 Å². The Kier molecular flexibility index (Phi) is 5.72. The molecule has 2 aromatic rings. The second-order valence-electron chi connectivity index (χ2n) is 4.17. The number of carbonyl (C=O) groups is 2. The maximum absolute atomic E-state index is 12.8. The maximum Gasteiger partial charge on any atom is 0.381 e. The largest absolute Gasteiger partial charge is 0.460 e. The summed E-state index contributed by atoms with van der Waals surface area (Å²) in [6.45, 7) is 1.73. The highest BCUT2D eigenvalue weighted by molar-refractivity contribution is 7.80. The number of benzene rings is 1. The van der Waals surface area contributed by atoms with Gasteiger partial charge in [-0.1, -0.05) is 0 Å². The smallest absolute Gasteiger partial charge is 0.381 e. The van der Waals surface area contributed by atoms with Gasteiger partial charge in [-0.05, 0) is 43.4 Å². The lowest BCUT2D eigenvalue weighted by Gasteiger charge is -2.07. The molecule has 0 atom stereocenters. The summed E-state index contributed by atoms with van der Waals surface area (Å²) in [6, 6.07) is 5.65. The number of anilines is 2. The van der Waals surface area contributed by atoms with Crippen molar-refractivity contribution in [2.24, 2.45) is 0 Å². The van der Waals surface area contributed by atoms with E-state index in [0.717, 1.165) is 11.3 Å². The van der Waals surface area contributed by atoms with Crippen LogP contribution in [-0.2, 0) is 9.53 Å². The van der Waals surface area contributed by atoms with Crippen molar-refractivity contribution < 1.29 is 18.7 Å². The molecule has 6 nitrogen and oxygen atoms in total. The molecule has 2 N–H and O–H groups in total. The zero-order valence-corrected chi connectivity index (χ0v) is 13.6. The van der Waals surface area contributed by atoms with E-state index < -0.39 is 11.8 Å². The number of Topliss-reactive ketones (excluding diaryl/α,β-unsaturated/α-hetero) is 1. The number of nitrogens with one attached hydrogen (secondary N) is 2. The SMILES string of the molecule is CCOC(=O)C(=O)c1csc(NC(=S)Nc2ccc(F)cc2)n1. The summed E-state index contributed by atoms with van der Waals surface area (Å²) in [7, 11) is 0. The van der Waals surface area contributed by atoms with E-state index >= 15 is 0 Å². The van der Waals surface area contributed by atoms with E-state index in [1.165, 1.54) is 29.6 Å². The van der Waals surface area contributed by atoms with E-state index in [0.29, 0.717) is 10.8 Å². The zero-order valence-electron chi connectivity index (χ0n) is 12.0. The molecule has 120 valence electrons. The van der Waals surface area contributed by atoms with Crippen LogP contribution in [-0.4, -0.2) is 28.5 Å². The number of carbonyl (C=O) groups excluding carboxylic acids is 2. The molecule has 0 fully saturated rings. The first-order valence-electron chi connectivity index (χ1n) is 6.50. The summed E-state index contributed by atoms with van der Waals surface area (Å²) < 4.78 is 17.4. The van der Waals surface area contributed by atoms with Crippen LogP contribution < -0.4 is 10.6 Å². The third-order valence-electron chi connectivity index (χ3n) is 2.52. The predicted molar refractivity (Wildman–Crippen MR) is 89.3 cm³/mol. The minimum absolute atomic E-state index is 0.0134. The minimum Gasteiger partial charge on any atom is -0.460 e. The molecule has 0 spiro atoms. The van der Waals surface area contributed by atoms with E-state index in [2.05, 4.69) is 20.4 Å². The number of nitrogens with zero attached hydrogens (tertiary/aromatic N) is 1. The van der Waals surface area contributed by atoms with Gasteiger partial charge >= 0.3 is 5.97 Å². The predicted octanol–water partition coefficient (Wildman–Crippen LogP) is 2.84. The Labute approximate surface area is 140 Å². The fraction of sp³-hybridized carbons (Fsp3) is 0.143. The van der Waals surface area contributed by atoms with Gasteiger partial charge in [0.05, 0.1) is 6.61 Å². The zero-order chi connectivity index (χ0) is 16.8. The molecule has 0 radical (unpaired) electrons. The normalized spacial score (nSPS) is 10.0. The third-order valence-corrected chi connectivity index (χ3v) is 3.48. The highest BCUT2D eigenvalue weighted by Gasteiger charge is 2.20. The molecule has 23 heavy (non-hydrogen) atoms. The molecular formula is C14H12FN3O3S2. The van der Waals surface area contributed by atoms with Crippen molar-refractivity contribution in [3.05, 3.63) is 41.2 Å². The van der Waals surface area contributed by atoms with Gasteiger partial charge in [0.15, 0.2) is 10.2 Å². The lowest BCUT2D eigenvalue weighted by atomic mass is 10.3. The molecule has 0 saturated carbocycles. The number of esters is 1. The van der Waals surface area contributed by atoms with Crippen molar-refractivity contribution in [3.63, 3.8) is 0 Å². The number of halogens is 1. The van der Waals surface area contributed by atoms with Gasteiger partial charge in [-0.2, -0.15) is 0 Å². The summed E-state index contributed by atoms with van der Waals surface area (Å²) in [5.41, 5.74) is 0.587. The number of hydrogen-bond donors (Lipinski definition) is 2. The van der Waals surface area contributed by atoms with Crippen molar-refractivity contribution in [2.45, 2.75) is 6.92 Å². The molecular weight excluding hydrogens is 341 g/mol. The van der Waals surface area contributed by atoms with Crippen LogP contribution in [0.1, 0.15) is 17.4 Å². The van der Waals surface area contributed by atoms with Gasteiger partial charge in [0.1, 0.15) is 11.5 Å². The Hall–Kier alpha value is -2.39. The third kappa shape index (κ3) is 4.80. The average molecular weight is 353 g/mol. The fourth-order valence-corrected chi connectivity index (χ4v) is 2.50. The standard InChI is InChI=1S/C14H12FN3O3S2/c1-2-21-12(20)11(19)10-7-23-14(17-10)18-13(22)16-9-5-3-8(15)4-6-9/h3-7H,2H2,1H3,(H2,16,17,18,22). The van der Waals surface area contributed by atoms with Crippen LogP contribution in [0.25, 0.3) is 0 Å². The van der Waals surface area contributed by atoms with Crippen molar-refractivity contribution in [1.29, 1.82) is 0 Å². The molecule has 0 bridgehead atoms. The minimum atomic E-state index is -0.948. The van der Waals surface area contributed by atoms with E-state index in [-0.39, 0.29) is 23.2 Å². The number of thiocarbonyl (C=S) groups is 1. The van der Waals surface area contributed by atoms with Gasteiger partial charge < -0.3 is 15.4 Å². The summed E-state index contributed by atoms with van der Waals surface area (Å²) >= 11 is 6.21. The Bertz CT molecular complexity index is 731. The van der Waals surface area contributed by atoms with Crippen LogP contribution in [0.4, 0.5) is 15.2 Å². The van der Waals surface area contributed by atoms with Crippen molar-refractivity contribution in [2.75, 3.05) is 17.2 Å². The van der Waals surface area contributed by atoms with Gasteiger partial charge in [0.2, 0.25) is 0 Å². The lowest BCUT2D eigenvalue weighted by Crippen LogP contribution is -2.20. The van der Waals surface area contributed by atoms with Crippen LogP contribution in [0.15, 0.2) is 29.6 Å². The van der Waals surface area contributed by atoms with Gasteiger partial charge in [0.25, 0.3) is 5.78 Å². The van der Waals surface area contributed by atoms with Crippen LogP contribution in [0.2, 0.25) is 0 Å². The topological polar surface area (TPSA) is 80.3 Å².